The molecule has 0 heterocycles. The highest BCUT2D eigenvalue weighted by Gasteiger charge is 1.91. The Bertz CT molecular complexity index is 720. The molecular weight excluding hydrogens is 258 g/mol. The van der Waals surface area contributed by atoms with Crippen LogP contribution in [0.3, 0.4) is 0 Å². The van der Waals surface area contributed by atoms with Crippen molar-refractivity contribution in [2.75, 3.05) is 11.9 Å². The first-order valence-electron chi connectivity index (χ1n) is 6.73. The fraction of sp³-hybridized carbons (Fsp3) is 0.105. The highest BCUT2D eigenvalue weighted by Crippen LogP contribution is 2.08. The average molecular weight is 273 g/mol. The molecule has 0 saturated carbocycles. The topological polar surface area (TPSA) is 29.1 Å². The third kappa shape index (κ3) is 4.56. The van der Waals surface area contributed by atoms with E-state index in [1.807, 2.05) is 48.5 Å². The SMILES string of the molecule is CCNc1ccc(C#Cc2ccc(C#CC=O)cc2)cc1. The molecule has 0 aromatic heterocycles. The van der Waals surface area contributed by atoms with Crippen molar-refractivity contribution in [3.8, 4) is 23.7 Å². The maximum absolute atomic E-state index is 10.2. The zero-order chi connectivity index (χ0) is 14.9. The molecule has 0 aliphatic heterocycles. The van der Waals surface area contributed by atoms with Gasteiger partial charge in [0.2, 0.25) is 0 Å². The molecule has 2 nitrogen and oxygen atoms in total. The second-order valence-electron chi connectivity index (χ2n) is 4.32. The maximum atomic E-state index is 10.2. The van der Waals surface area contributed by atoms with Gasteiger partial charge >= 0.3 is 0 Å². The lowest BCUT2D eigenvalue weighted by Gasteiger charge is -2.01. The van der Waals surface area contributed by atoms with E-state index in [-0.39, 0.29) is 0 Å². The van der Waals surface area contributed by atoms with Gasteiger partial charge in [-0.05, 0) is 61.4 Å². The molecule has 2 rings (SSSR count). The largest absolute Gasteiger partial charge is 0.385 e. The first kappa shape index (κ1) is 14.4. The lowest BCUT2D eigenvalue weighted by atomic mass is 10.1. The minimum absolute atomic E-state index is 0.588. The van der Waals surface area contributed by atoms with Crippen LogP contribution in [0, 0.1) is 23.7 Å². The van der Waals surface area contributed by atoms with Crippen LogP contribution in [0.5, 0.6) is 0 Å². The molecule has 0 aliphatic rings. The molecule has 0 saturated heterocycles. The second kappa shape index (κ2) is 7.58. The summed E-state index contributed by atoms with van der Waals surface area (Å²) in [5.41, 5.74) is 3.80. The Morgan fingerprint density at radius 2 is 1.33 bits per heavy atom. The number of hydrogen-bond donors (Lipinski definition) is 1. The van der Waals surface area contributed by atoms with Crippen molar-refractivity contribution in [2.45, 2.75) is 6.92 Å². The van der Waals surface area contributed by atoms with Crippen LogP contribution >= 0.6 is 0 Å². The van der Waals surface area contributed by atoms with Crippen LogP contribution in [0.2, 0.25) is 0 Å². The van der Waals surface area contributed by atoms with Crippen LogP contribution in [-0.2, 0) is 4.79 Å². The van der Waals surface area contributed by atoms with Gasteiger partial charge in [0.05, 0.1) is 0 Å². The number of nitrogens with one attached hydrogen (secondary N) is 1. The van der Waals surface area contributed by atoms with E-state index >= 15 is 0 Å². The molecule has 0 amide bonds. The molecule has 0 fully saturated rings. The lowest BCUT2D eigenvalue weighted by molar-refractivity contribution is -0.103. The predicted octanol–water partition coefficient (Wildman–Crippen LogP) is 3.07. The van der Waals surface area contributed by atoms with Crippen LogP contribution in [0.15, 0.2) is 48.5 Å². The van der Waals surface area contributed by atoms with E-state index in [1.54, 1.807) is 0 Å². The first-order chi connectivity index (χ1) is 10.3. The van der Waals surface area contributed by atoms with Gasteiger partial charge in [0, 0.05) is 28.9 Å². The minimum Gasteiger partial charge on any atom is -0.385 e. The molecule has 2 aromatic rings. The summed E-state index contributed by atoms with van der Waals surface area (Å²) in [6, 6.07) is 15.5. The molecule has 0 atom stereocenters. The van der Waals surface area contributed by atoms with E-state index in [9.17, 15) is 4.79 Å². The summed E-state index contributed by atoms with van der Waals surface area (Å²) < 4.78 is 0. The van der Waals surface area contributed by atoms with Crippen molar-refractivity contribution < 1.29 is 4.79 Å². The molecule has 21 heavy (non-hydrogen) atoms. The summed E-state index contributed by atoms with van der Waals surface area (Å²) in [4.78, 5) is 10.2. The molecule has 0 aliphatic carbocycles. The number of carbonyl (C=O) groups is 1. The Kier molecular flexibility index (Phi) is 5.21. The summed E-state index contributed by atoms with van der Waals surface area (Å²) in [7, 11) is 0. The van der Waals surface area contributed by atoms with Gasteiger partial charge in [-0.3, -0.25) is 4.79 Å². The molecule has 2 heteroatoms. The van der Waals surface area contributed by atoms with E-state index < -0.39 is 0 Å². The highest BCUT2D eigenvalue weighted by molar-refractivity contribution is 5.74. The molecule has 1 N–H and O–H groups in total. The van der Waals surface area contributed by atoms with Gasteiger partial charge in [0.15, 0.2) is 6.29 Å². The van der Waals surface area contributed by atoms with Crippen molar-refractivity contribution >= 4 is 12.0 Å². The summed E-state index contributed by atoms with van der Waals surface area (Å²) >= 11 is 0. The molecule has 0 bridgehead atoms. The number of rotatable bonds is 2. The Morgan fingerprint density at radius 3 is 1.81 bits per heavy atom. The summed E-state index contributed by atoms with van der Waals surface area (Å²) in [6.45, 7) is 2.97. The fourth-order valence-electron chi connectivity index (χ4n) is 1.77. The van der Waals surface area contributed by atoms with Crippen LogP contribution < -0.4 is 5.32 Å². The van der Waals surface area contributed by atoms with E-state index in [2.05, 4.69) is 35.9 Å². The van der Waals surface area contributed by atoms with Gasteiger partial charge in [0.25, 0.3) is 0 Å². The molecular formula is C19H15NO. The zero-order valence-corrected chi connectivity index (χ0v) is 11.8. The number of hydrogen-bond acceptors (Lipinski definition) is 2. The van der Waals surface area contributed by atoms with Gasteiger partial charge < -0.3 is 5.32 Å². The van der Waals surface area contributed by atoms with Crippen molar-refractivity contribution in [1.82, 2.24) is 0 Å². The van der Waals surface area contributed by atoms with Crippen LogP contribution in [0.25, 0.3) is 0 Å². The van der Waals surface area contributed by atoms with E-state index in [0.717, 1.165) is 28.9 Å². The van der Waals surface area contributed by atoms with Gasteiger partial charge in [-0.25, -0.2) is 0 Å². The van der Waals surface area contributed by atoms with Gasteiger partial charge in [-0.15, -0.1) is 0 Å². The number of benzene rings is 2. The van der Waals surface area contributed by atoms with E-state index in [4.69, 9.17) is 0 Å². The molecule has 0 radical (unpaired) electrons. The zero-order valence-electron chi connectivity index (χ0n) is 11.8. The Balaban J connectivity index is 2.09. The van der Waals surface area contributed by atoms with E-state index in [0.29, 0.717) is 6.29 Å². The van der Waals surface area contributed by atoms with Gasteiger partial charge in [0.1, 0.15) is 0 Å². The van der Waals surface area contributed by atoms with Gasteiger partial charge in [-0.1, -0.05) is 17.8 Å². The fourth-order valence-corrected chi connectivity index (χ4v) is 1.77. The lowest BCUT2D eigenvalue weighted by Crippen LogP contribution is -1.95. The summed E-state index contributed by atoms with van der Waals surface area (Å²) in [5.74, 6) is 11.4. The van der Waals surface area contributed by atoms with Crippen molar-refractivity contribution in [1.29, 1.82) is 0 Å². The smallest absolute Gasteiger partial charge is 0.193 e. The van der Waals surface area contributed by atoms with Crippen molar-refractivity contribution in [3.05, 3.63) is 65.2 Å². The molecule has 0 spiro atoms. The molecule has 0 unspecified atom stereocenters. The summed E-state index contributed by atoms with van der Waals surface area (Å²) in [5, 5.41) is 3.25. The number of aldehydes is 1. The molecule has 2 aromatic carbocycles. The van der Waals surface area contributed by atoms with Crippen LogP contribution in [0.4, 0.5) is 5.69 Å². The average Bonchev–Trinajstić information content (AvgIpc) is 2.53. The van der Waals surface area contributed by atoms with E-state index in [1.165, 1.54) is 0 Å². The first-order valence-corrected chi connectivity index (χ1v) is 6.73. The minimum atomic E-state index is 0.588. The normalized spacial score (nSPS) is 8.81. The predicted molar refractivity (Wildman–Crippen MR) is 86.0 cm³/mol. The van der Waals surface area contributed by atoms with Gasteiger partial charge in [-0.2, -0.15) is 0 Å². The van der Waals surface area contributed by atoms with Crippen molar-refractivity contribution in [2.24, 2.45) is 0 Å². The summed E-state index contributed by atoms with van der Waals surface area (Å²) in [6.07, 6.45) is 0.588. The number of carbonyl (C=O) groups excluding carboxylic acids is 1. The second-order valence-corrected chi connectivity index (χ2v) is 4.32. The molecule has 102 valence electrons. The monoisotopic (exact) mass is 273 g/mol. The van der Waals surface area contributed by atoms with Crippen molar-refractivity contribution in [3.63, 3.8) is 0 Å². The third-order valence-corrected chi connectivity index (χ3v) is 2.78. The Labute approximate surface area is 125 Å². The van der Waals surface area contributed by atoms with Crippen LogP contribution in [0.1, 0.15) is 23.6 Å². The Hall–Kier alpha value is -2.97. The number of anilines is 1. The Morgan fingerprint density at radius 1 is 0.857 bits per heavy atom. The standard InChI is InChI=1S/C19H15NO/c1-2-20-19-13-11-18(12-14-19)10-9-17-7-5-16(6-8-17)4-3-15-21/h5-8,11-15,20H,2H2,1H3. The van der Waals surface area contributed by atoms with Crippen LogP contribution in [-0.4, -0.2) is 12.8 Å². The maximum Gasteiger partial charge on any atom is 0.193 e. The third-order valence-electron chi connectivity index (χ3n) is 2.78. The quantitative estimate of drug-likeness (QED) is 0.673. The highest BCUT2D eigenvalue weighted by atomic mass is 16.1.